The van der Waals surface area contributed by atoms with Crippen LogP contribution in [0.5, 0.6) is 0 Å². The van der Waals surface area contributed by atoms with E-state index < -0.39 is 29.5 Å². The molecule has 7 heteroatoms. The van der Waals surface area contributed by atoms with Crippen molar-refractivity contribution in [3.63, 3.8) is 0 Å². The molecule has 21 heavy (non-hydrogen) atoms. The summed E-state index contributed by atoms with van der Waals surface area (Å²) in [5, 5.41) is 11.5. The Hall–Kier alpha value is -2.49. The van der Waals surface area contributed by atoms with Crippen molar-refractivity contribution in [1.29, 1.82) is 5.26 Å². The highest BCUT2D eigenvalue weighted by Gasteiger charge is 2.33. The summed E-state index contributed by atoms with van der Waals surface area (Å²) >= 11 is 0. The third-order valence-electron chi connectivity index (χ3n) is 3.40. The lowest BCUT2D eigenvalue weighted by atomic mass is 10.0. The first-order valence-corrected chi connectivity index (χ1v) is 6.31. The molecule has 2 amide bonds. The minimum absolute atomic E-state index is 0.0619. The Labute approximate surface area is 120 Å². The van der Waals surface area contributed by atoms with Crippen molar-refractivity contribution in [2.24, 2.45) is 5.92 Å². The van der Waals surface area contributed by atoms with Gasteiger partial charge in [0, 0.05) is 31.6 Å². The van der Waals surface area contributed by atoms with Crippen LogP contribution >= 0.6 is 0 Å². The maximum Gasteiger partial charge on any atom is 0.226 e. The van der Waals surface area contributed by atoms with Gasteiger partial charge in [-0.25, -0.2) is 8.78 Å². The highest BCUT2D eigenvalue weighted by atomic mass is 19.1. The highest BCUT2D eigenvalue weighted by molar-refractivity contribution is 5.89. The summed E-state index contributed by atoms with van der Waals surface area (Å²) in [7, 11) is 1.58. The molecule has 1 aliphatic heterocycles. The number of nitrogens with zero attached hydrogens (tertiary/aromatic N) is 2. The Morgan fingerprint density at radius 3 is 2.76 bits per heavy atom. The van der Waals surface area contributed by atoms with Gasteiger partial charge in [0.05, 0.1) is 12.0 Å². The van der Waals surface area contributed by atoms with E-state index in [4.69, 9.17) is 5.26 Å². The highest BCUT2D eigenvalue weighted by Crippen LogP contribution is 2.21. The van der Waals surface area contributed by atoms with Crippen LogP contribution in [-0.2, 0) is 9.59 Å². The molecule has 0 saturated carbocycles. The van der Waals surface area contributed by atoms with Crippen LogP contribution in [0.4, 0.5) is 8.78 Å². The Morgan fingerprint density at radius 1 is 1.52 bits per heavy atom. The normalized spacial score (nSPS) is 19.2. The number of hydrogen-bond donors (Lipinski definition) is 1. The molecular formula is C14H13F2N3O2. The summed E-state index contributed by atoms with van der Waals surface area (Å²) in [6, 6.07) is 3.32. The molecule has 110 valence electrons. The van der Waals surface area contributed by atoms with Crippen molar-refractivity contribution >= 4 is 11.8 Å². The predicted octanol–water partition coefficient (Wildman–Crippen LogP) is 1.12. The number of nitrogens with one attached hydrogen (secondary N) is 1. The number of benzene rings is 1. The van der Waals surface area contributed by atoms with E-state index in [-0.39, 0.29) is 24.4 Å². The van der Waals surface area contributed by atoms with Crippen LogP contribution in [0.25, 0.3) is 0 Å². The Bertz CT molecular complexity index is 627. The van der Waals surface area contributed by atoms with E-state index in [1.54, 1.807) is 13.1 Å². The predicted molar refractivity (Wildman–Crippen MR) is 68.6 cm³/mol. The van der Waals surface area contributed by atoms with Gasteiger partial charge < -0.3 is 10.2 Å². The van der Waals surface area contributed by atoms with Gasteiger partial charge in [-0.2, -0.15) is 5.26 Å². The van der Waals surface area contributed by atoms with Crippen molar-refractivity contribution in [3.05, 3.63) is 35.4 Å². The topological polar surface area (TPSA) is 73.2 Å². The molecule has 0 aliphatic carbocycles. The van der Waals surface area contributed by atoms with E-state index in [1.807, 2.05) is 0 Å². The summed E-state index contributed by atoms with van der Waals surface area (Å²) in [5.74, 6) is -2.88. The van der Waals surface area contributed by atoms with E-state index in [0.29, 0.717) is 6.07 Å². The van der Waals surface area contributed by atoms with Crippen molar-refractivity contribution in [1.82, 2.24) is 10.2 Å². The van der Waals surface area contributed by atoms with Gasteiger partial charge in [0.2, 0.25) is 11.8 Å². The van der Waals surface area contributed by atoms with Crippen molar-refractivity contribution in [2.45, 2.75) is 12.5 Å². The zero-order valence-corrected chi connectivity index (χ0v) is 11.3. The zero-order chi connectivity index (χ0) is 15.6. The molecule has 0 radical (unpaired) electrons. The third kappa shape index (κ3) is 3.16. The lowest BCUT2D eigenvalue weighted by molar-refractivity contribution is -0.128. The quantitative estimate of drug-likeness (QED) is 0.907. The van der Waals surface area contributed by atoms with Gasteiger partial charge in [0.25, 0.3) is 0 Å². The fourth-order valence-corrected chi connectivity index (χ4v) is 2.21. The fourth-order valence-electron chi connectivity index (χ4n) is 2.21. The molecule has 1 saturated heterocycles. The number of carbonyl (C=O) groups is 2. The fraction of sp³-hybridized carbons (Fsp3) is 0.357. The zero-order valence-electron chi connectivity index (χ0n) is 11.3. The van der Waals surface area contributed by atoms with Crippen LogP contribution < -0.4 is 5.32 Å². The standard InChI is InChI=1S/C14H13F2N3O2/c1-19-7-8(4-13(19)20)14(21)18-12(6-17)10-3-2-9(15)5-11(10)16/h2-3,5,8,12H,4,7H2,1H3,(H,18,21)/t8-,12-/m0/s1. The van der Waals surface area contributed by atoms with Crippen LogP contribution in [0.3, 0.4) is 0 Å². The lowest BCUT2D eigenvalue weighted by Gasteiger charge is -2.16. The van der Waals surface area contributed by atoms with E-state index in [2.05, 4.69) is 5.32 Å². The SMILES string of the molecule is CN1C[C@@H](C(=O)N[C@@H](C#N)c2ccc(F)cc2F)CC1=O. The molecule has 0 bridgehead atoms. The summed E-state index contributed by atoms with van der Waals surface area (Å²) < 4.78 is 26.5. The number of hydrogen-bond acceptors (Lipinski definition) is 3. The maximum atomic E-state index is 13.6. The van der Waals surface area contributed by atoms with Gasteiger partial charge in [0.15, 0.2) is 0 Å². The molecule has 0 spiro atoms. The van der Waals surface area contributed by atoms with Crippen LogP contribution in [0.15, 0.2) is 18.2 Å². The minimum atomic E-state index is -1.22. The monoisotopic (exact) mass is 293 g/mol. The first-order valence-electron chi connectivity index (χ1n) is 6.31. The molecule has 1 heterocycles. The molecule has 1 aromatic carbocycles. The van der Waals surface area contributed by atoms with Gasteiger partial charge in [-0.15, -0.1) is 0 Å². The summed E-state index contributed by atoms with van der Waals surface area (Å²) in [6.07, 6.45) is 0.0619. The van der Waals surface area contributed by atoms with Gasteiger partial charge in [0.1, 0.15) is 17.7 Å². The second kappa shape index (κ2) is 5.87. The average Bonchev–Trinajstić information content (AvgIpc) is 2.76. The molecule has 1 fully saturated rings. The maximum absolute atomic E-state index is 13.6. The van der Waals surface area contributed by atoms with Gasteiger partial charge >= 0.3 is 0 Å². The number of nitriles is 1. The van der Waals surface area contributed by atoms with Gasteiger partial charge in [-0.05, 0) is 6.07 Å². The van der Waals surface area contributed by atoms with Crippen molar-refractivity contribution < 1.29 is 18.4 Å². The summed E-state index contributed by atoms with van der Waals surface area (Å²) in [6.45, 7) is 0.259. The van der Waals surface area contributed by atoms with Crippen LogP contribution in [0, 0.1) is 28.9 Å². The first-order chi connectivity index (χ1) is 9.92. The smallest absolute Gasteiger partial charge is 0.226 e. The van der Waals surface area contributed by atoms with Crippen LogP contribution in [-0.4, -0.2) is 30.3 Å². The van der Waals surface area contributed by atoms with Crippen LogP contribution in [0.2, 0.25) is 0 Å². The number of likely N-dealkylation sites (tertiary alicyclic amines) is 1. The minimum Gasteiger partial charge on any atom is -0.345 e. The van der Waals surface area contributed by atoms with Crippen molar-refractivity contribution in [3.8, 4) is 6.07 Å². The number of carbonyl (C=O) groups excluding carboxylic acids is 2. The summed E-state index contributed by atoms with van der Waals surface area (Å²) in [4.78, 5) is 24.8. The molecule has 1 aliphatic rings. The largest absolute Gasteiger partial charge is 0.345 e. The van der Waals surface area contributed by atoms with Gasteiger partial charge in [-0.1, -0.05) is 6.07 Å². The Balaban J connectivity index is 2.11. The molecule has 5 nitrogen and oxygen atoms in total. The molecule has 1 N–H and O–H groups in total. The van der Waals surface area contributed by atoms with E-state index in [9.17, 15) is 18.4 Å². The lowest BCUT2D eigenvalue weighted by Crippen LogP contribution is -2.35. The van der Waals surface area contributed by atoms with E-state index in [0.717, 1.165) is 12.1 Å². The molecular weight excluding hydrogens is 280 g/mol. The third-order valence-corrected chi connectivity index (χ3v) is 3.40. The summed E-state index contributed by atoms with van der Waals surface area (Å²) in [5.41, 5.74) is -0.107. The number of halogens is 2. The Morgan fingerprint density at radius 2 is 2.24 bits per heavy atom. The molecule has 2 atom stereocenters. The van der Waals surface area contributed by atoms with Gasteiger partial charge in [-0.3, -0.25) is 9.59 Å². The van der Waals surface area contributed by atoms with E-state index in [1.165, 1.54) is 4.90 Å². The average molecular weight is 293 g/mol. The second-order valence-electron chi connectivity index (χ2n) is 4.91. The molecule has 0 aromatic heterocycles. The Kier molecular flexibility index (Phi) is 4.17. The molecule has 0 unspecified atom stereocenters. The second-order valence-corrected chi connectivity index (χ2v) is 4.91. The van der Waals surface area contributed by atoms with E-state index >= 15 is 0 Å². The van der Waals surface area contributed by atoms with Crippen LogP contribution in [0.1, 0.15) is 18.0 Å². The molecule has 1 aromatic rings. The number of rotatable bonds is 3. The number of amides is 2. The molecule has 2 rings (SSSR count). The first kappa shape index (κ1) is 14.9. The van der Waals surface area contributed by atoms with Crippen molar-refractivity contribution in [2.75, 3.05) is 13.6 Å².